The summed E-state index contributed by atoms with van der Waals surface area (Å²) in [6.45, 7) is 2.45. The first-order valence-electron chi connectivity index (χ1n) is 12.1. The molecule has 0 saturated heterocycles. The number of hydrogen-bond acceptors (Lipinski definition) is 9. The number of rotatable bonds is 12. The molecule has 1 saturated carbocycles. The lowest BCUT2D eigenvalue weighted by Gasteiger charge is -2.26. The van der Waals surface area contributed by atoms with Crippen molar-refractivity contribution < 1.29 is 22.7 Å². The molecule has 3 aromatic heterocycles. The van der Waals surface area contributed by atoms with E-state index in [2.05, 4.69) is 16.0 Å². The van der Waals surface area contributed by atoms with Crippen LogP contribution in [-0.4, -0.2) is 67.2 Å². The van der Waals surface area contributed by atoms with E-state index in [9.17, 15) is 18.0 Å². The normalized spacial score (nSPS) is 14.3. The molecular weight excluding hydrogens is 547 g/mol. The smallest absolute Gasteiger partial charge is 0.303 e. The predicted octanol–water partition coefficient (Wildman–Crippen LogP) is 3.15. The van der Waals surface area contributed by atoms with Gasteiger partial charge in [-0.1, -0.05) is 6.07 Å². The highest BCUT2D eigenvalue weighted by molar-refractivity contribution is 7.87. The van der Waals surface area contributed by atoms with Gasteiger partial charge >= 0.3 is 10.2 Å². The first-order chi connectivity index (χ1) is 18.1. The zero-order chi connectivity index (χ0) is 27.5. The highest BCUT2D eigenvalue weighted by Gasteiger charge is 2.54. The number of nitrogens with one attached hydrogen (secondary N) is 1. The second-order valence-electron chi connectivity index (χ2n) is 9.31. The van der Waals surface area contributed by atoms with Gasteiger partial charge in [0.1, 0.15) is 16.5 Å². The number of ether oxygens (including phenoxy) is 1. The van der Waals surface area contributed by atoms with Crippen LogP contribution >= 0.6 is 22.7 Å². The Morgan fingerprint density at radius 3 is 2.55 bits per heavy atom. The van der Waals surface area contributed by atoms with Gasteiger partial charge in [0.15, 0.2) is 0 Å². The van der Waals surface area contributed by atoms with Crippen LogP contribution in [0.25, 0.3) is 0 Å². The molecule has 0 radical (unpaired) electrons. The largest absolute Gasteiger partial charge is 0.495 e. The fourth-order valence-corrected chi connectivity index (χ4v) is 6.30. The highest BCUT2D eigenvalue weighted by atomic mass is 32.2. The van der Waals surface area contributed by atoms with Gasteiger partial charge in [-0.15, -0.1) is 22.7 Å². The van der Waals surface area contributed by atoms with Crippen LogP contribution in [0.5, 0.6) is 5.75 Å². The molecule has 0 aliphatic heterocycles. The van der Waals surface area contributed by atoms with Crippen LogP contribution < -0.4 is 9.46 Å². The number of nitrogens with zero attached hydrogens (tertiary/aromatic N) is 4. The number of hydrogen-bond donors (Lipinski definition) is 1. The summed E-state index contributed by atoms with van der Waals surface area (Å²) in [6, 6.07) is 7.75. The van der Waals surface area contributed by atoms with Crippen molar-refractivity contribution in [2.75, 3.05) is 27.7 Å². The maximum atomic E-state index is 13.9. The zero-order valence-electron chi connectivity index (χ0n) is 21.8. The van der Waals surface area contributed by atoms with Crippen molar-refractivity contribution in [1.29, 1.82) is 0 Å². The Hall–Kier alpha value is -2.87. The Balaban J connectivity index is 1.55. The third-order valence-electron chi connectivity index (χ3n) is 6.42. The van der Waals surface area contributed by atoms with E-state index >= 15 is 0 Å². The Morgan fingerprint density at radius 1 is 1.21 bits per heavy atom. The van der Waals surface area contributed by atoms with Crippen molar-refractivity contribution in [2.45, 2.75) is 44.6 Å². The van der Waals surface area contributed by atoms with E-state index in [1.807, 2.05) is 28.3 Å². The van der Waals surface area contributed by atoms with E-state index in [0.29, 0.717) is 35.0 Å². The number of aryl methyl sites for hydroxylation is 2. The Labute approximate surface area is 230 Å². The molecule has 10 nitrogen and oxygen atoms in total. The number of pyridine rings is 1. The minimum Gasteiger partial charge on any atom is -0.495 e. The topological polar surface area (TPSA) is 122 Å². The minimum atomic E-state index is -3.95. The Morgan fingerprint density at radius 2 is 1.97 bits per heavy atom. The molecule has 1 aliphatic carbocycles. The van der Waals surface area contributed by atoms with Crippen LogP contribution in [0.2, 0.25) is 0 Å². The monoisotopic (exact) mass is 577 g/mol. The van der Waals surface area contributed by atoms with Gasteiger partial charge in [-0.3, -0.25) is 14.6 Å². The van der Waals surface area contributed by atoms with Crippen molar-refractivity contribution in [3.8, 4) is 5.75 Å². The van der Waals surface area contributed by atoms with Crippen LogP contribution in [0, 0.1) is 6.92 Å². The lowest BCUT2D eigenvalue weighted by Crippen LogP contribution is -2.40. The predicted molar refractivity (Wildman–Crippen MR) is 147 cm³/mol. The van der Waals surface area contributed by atoms with Crippen molar-refractivity contribution in [1.82, 2.24) is 23.9 Å². The molecule has 0 atom stereocenters. The van der Waals surface area contributed by atoms with Crippen molar-refractivity contribution >= 4 is 44.7 Å². The summed E-state index contributed by atoms with van der Waals surface area (Å²) < 4.78 is 32.4. The van der Waals surface area contributed by atoms with Crippen molar-refractivity contribution in [3.05, 3.63) is 62.0 Å². The van der Waals surface area contributed by atoms with Gasteiger partial charge in [0, 0.05) is 30.4 Å². The molecule has 3 aromatic rings. The second kappa shape index (κ2) is 11.5. The molecule has 38 heavy (non-hydrogen) atoms. The number of aromatic nitrogens is 2. The number of carbonyl (C=O) groups excluding carboxylic acids is 2. The average Bonchev–Trinajstić information content (AvgIpc) is 3.36. The maximum Gasteiger partial charge on any atom is 0.303 e. The summed E-state index contributed by atoms with van der Waals surface area (Å²) in [5.41, 5.74) is 0.0804. The van der Waals surface area contributed by atoms with E-state index in [4.69, 9.17) is 4.74 Å². The fraction of sp³-hybridized carbons (Fsp3) is 0.440. The van der Waals surface area contributed by atoms with Crippen molar-refractivity contribution in [3.63, 3.8) is 0 Å². The van der Waals surface area contributed by atoms with Crippen LogP contribution in [-0.2, 0) is 33.4 Å². The molecule has 0 spiro atoms. The van der Waals surface area contributed by atoms with Crippen molar-refractivity contribution in [2.24, 2.45) is 0 Å². The standard InChI is InChI=1S/C25H31N5O5S3/c1-17-22(23(31)28-38(33,34)29(2)3)27-21(37-17)16-30(13-5-7-19-8-6-14-36-19)24(32)25(11-12-25)20-10-9-18(35-4)15-26-20/h6,8-10,14-15H,5,7,11-13,16H2,1-4H3,(H,28,31). The SMILES string of the molecule is COc1ccc(C2(C(=O)N(CCCc3cccs3)Cc3nc(C(=O)NS(=O)(=O)N(C)C)c(C)s3)CC2)nc1. The number of methoxy groups -OCH3 is 1. The highest BCUT2D eigenvalue weighted by Crippen LogP contribution is 2.49. The molecule has 2 amide bonds. The van der Waals surface area contributed by atoms with Gasteiger partial charge in [-0.05, 0) is 56.2 Å². The number of amides is 2. The quantitative estimate of drug-likeness (QED) is 0.351. The second-order valence-corrected chi connectivity index (χ2v) is 13.5. The summed E-state index contributed by atoms with van der Waals surface area (Å²) in [5, 5.41) is 2.60. The third-order valence-corrected chi connectivity index (χ3v) is 9.72. The third kappa shape index (κ3) is 6.22. The van der Waals surface area contributed by atoms with E-state index in [1.54, 1.807) is 36.5 Å². The van der Waals surface area contributed by atoms with Crippen LogP contribution in [0.4, 0.5) is 0 Å². The summed E-state index contributed by atoms with van der Waals surface area (Å²) in [7, 11) is 0.290. The average molecular weight is 578 g/mol. The molecule has 13 heteroatoms. The van der Waals surface area contributed by atoms with Crippen LogP contribution in [0.3, 0.4) is 0 Å². The molecule has 3 heterocycles. The maximum absolute atomic E-state index is 13.9. The van der Waals surface area contributed by atoms with Gasteiger partial charge in [0.25, 0.3) is 5.91 Å². The molecule has 0 unspecified atom stereocenters. The number of carbonyl (C=O) groups is 2. The van der Waals surface area contributed by atoms with Crippen LogP contribution in [0.1, 0.15) is 50.2 Å². The summed E-state index contributed by atoms with van der Waals surface area (Å²) >= 11 is 2.97. The van der Waals surface area contributed by atoms with Gasteiger partial charge in [-0.2, -0.15) is 12.7 Å². The molecule has 1 fully saturated rings. The van der Waals surface area contributed by atoms with Crippen LogP contribution in [0.15, 0.2) is 35.8 Å². The minimum absolute atomic E-state index is 0.0182. The van der Waals surface area contributed by atoms with Gasteiger partial charge in [0.05, 0.1) is 31.0 Å². The summed E-state index contributed by atoms with van der Waals surface area (Å²) in [4.78, 5) is 39.2. The lowest BCUT2D eigenvalue weighted by atomic mass is 9.99. The van der Waals surface area contributed by atoms with Gasteiger partial charge in [-0.25, -0.2) is 9.71 Å². The van der Waals surface area contributed by atoms with E-state index in [0.717, 1.165) is 22.8 Å². The Kier molecular flexibility index (Phi) is 8.50. The lowest BCUT2D eigenvalue weighted by molar-refractivity contribution is -0.134. The Bertz CT molecular complexity index is 1380. The summed E-state index contributed by atoms with van der Waals surface area (Å²) in [6.07, 6.45) is 4.67. The zero-order valence-corrected chi connectivity index (χ0v) is 24.2. The molecule has 1 aliphatic rings. The molecule has 4 rings (SSSR count). The first kappa shape index (κ1) is 28.1. The van der Waals surface area contributed by atoms with Gasteiger partial charge < -0.3 is 9.64 Å². The molecule has 0 bridgehead atoms. The van der Waals surface area contributed by atoms with Gasteiger partial charge in [0.2, 0.25) is 5.91 Å². The molecule has 0 aromatic carbocycles. The van der Waals surface area contributed by atoms with E-state index in [1.165, 1.54) is 30.3 Å². The summed E-state index contributed by atoms with van der Waals surface area (Å²) in [5.74, 6) is -0.184. The van der Waals surface area contributed by atoms with E-state index in [-0.39, 0.29) is 18.1 Å². The molecule has 1 N–H and O–H groups in total. The number of thiophene rings is 1. The molecule has 204 valence electrons. The first-order valence-corrected chi connectivity index (χ1v) is 15.2. The molecular formula is C25H31N5O5S3. The fourth-order valence-electron chi connectivity index (χ4n) is 4.09. The number of thiazole rings is 1. The van der Waals surface area contributed by atoms with E-state index < -0.39 is 21.5 Å².